The second-order valence-corrected chi connectivity index (χ2v) is 10.6. The van der Waals surface area contributed by atoms with Crippen molar-refractivity contribution in [1.82, 2.24) is 14.3 Å². The third-order valence-electron chi connectivity index (χ3n) is 5.10. The van der Waals surface area contributed by atoms with E-state index in [0.29, 0.717) is 16.4 Å². The normalized spacial score (nSPS) is 17.7. The molecule has 0 saturated carbocycles. The zero-order valence-corrected chi connectivity index (χ0v) is 18.1. The third-order valence-corrected chi connectivity index (χ3v) is 8.67. The van der Waals surface area contributed by atoms with Gasteiger partial charge in [-0.2, -0.15) is 4.31 Å². The molecule has 0 spiro atoms. The van der Waals surface area contributed by atoms with E-state index in [2.05, 4.69) is 9.97 Å². The number of aryl methyl sites for hydroxylation is 3. The molecule has 0 radical (unpaired) electrons. The van der Waals surface area contributed by atoms with Gasteiger partial charge in [0, 0.05) is 12.2 Å². The molecule has 152 valence electrons. The van der Waals surface area contributed by atoms with E-state index in [-0.39, 0.29) is 11.9 Å². The topological polar surface area (TPSA) is 63.2 Å². The Balaban J connectivity index is 1.74. The van der Waals surface area contributed by atoms with Crippen LogP contribution in [0, 0.1) is 26.6 Å². The van der Waals surface area contributed by atoms with Crippen molar-refractivity contribution in [1.29, 1.82) is 0 Å². The molecule has 3 aromatic rings. The average molecular weight is 432 g/mol. The van der Waals surface area contributed by atoms with Crippen LogP contribution in [0.1, 0.15) is 41.0 Å². The highest BCUT2D eigenvalue weighted by Crippen LogP contribution is 2.39. The lowest BCUT2D eigenvalue weighted by molar-refractivity contribution is 0.391. The Morgan fingerprint density at radius 1 is 1.07 bits per heavy atom. The van der Waals surface area contributed by atoms with E-state index in [1.165, 1.54) is 23.5 Å². The molecule has 0 bridgehead atoms. The largest absolute Gasteiger partial charge is 0.256 e. The van der Waals surface area contributed by atoms with Crippen LogP contribution < -0.4 is 0 Å². The zero-order valence-electron chi connectivity index (χ0n) is 16.5. The van der Waals surface area contributed by atoms with Crippen molar-refractivity contribution < 1.29 is 12.8 Å². The summed E-state index contributed by atoms with van der Waals surface area (Å²) in [6.07, 6.45) is 1.50. The number of aromatic nitrogens is 2. The minimum absolute atomic E-state index is 0.289. The molecule has 3 heterocycles. The van der Waals surface area contributed by atoms with Gasteiger partial charge in [0.15, 0.2) is 4.21 Å². The van der Waals surface area contributed by atoms with Gasteiger partial charge in [-0.15, -0.1) is 11.3 Å². The molecule has 2 aromatic heterocycles. The van der Waals surface area contributed by atoms with Gasteiger partial charge in [0.1, 0.15) is 5.82 Å². The molecule has 1 atom stereocenters. The van der Waals surface area contributed by atoms with Gasteiger partial charge >= 0.3 is 0 Å². The van der Waals surface area contributed by atoms with Gasteiger partial charge in [0.05, 0.1) is 22.4 Å². The van der Waals surface area contributed by atoms with E-state index >= 15 is 0 Å². The molecule has 1 aliphatic rings. The molecule has 0 unspecified atom stereocenters. The highest BCUT2D eigenvalue weighted by atomic mass is 32.2. The van der Waals surface area contributed by atoms with Crippen molar-refractivity contribution >= 4 is 21.4 Å². The van der Waals surface area contributed by atoms with Gasteiger partial charge in [-0.05, 0) is 69.0 Å². The van der Waals surface area contributed by atoms with Crippen LogP contribution in [-0.4, -0.2) is 29.2 Å². The zero-order chi connectivity index (χ0) is 20.8. The number of hydrogen-bond donors (Lipinski definition) is 0. The van der Waals surface area contributed by atoms with E-state index < -0.39 is 10.0 Å². The van der Waals surface area contributed by atoms with E-state index in [1.54, 1.807) is 23.4 Å². The highest BCUT2D eigenvalue weighted by Gasteiger charge is 2.39. The predicted octanol–water partition coefficient (Wildman–Crippen LogP) is 4.80. The van der Waals surface area contributed by atoms with Gasteiger partial charge in [-0.3, -0.25) is 4.98 Å². The van der Waals surface area contributed by atoms with E-state index in [1.807, 2.05) is 26.0 Å². The van der Waals surface area contributed by atoms with Gasteiger partial charge in [-0.25, -0.2) is 17.8 Å². The van der Waals surface area contributed by atoms with Crippen molar-refractivity contribution in [2.75, 3.05) is 6.54 Å². The maximum Gasteiger partial charge on any atom is 0.255 e. The van der Waals surface area contributed by atoms with Crippen LogP contribution in [0.5, 0.6) is 0 Å². The van der Waals surface area contributed by atoms with E-state index in [9.17, 15) is 12.8 Å². The van der Waals surface area contributed by atoms with Crippen LogP contribution in [0.2, 0.25) is 0 Å². The Hall–Kier alpha value is -2.16. The first kappa shape index (κ1) is 20.1. The Morgan fingerprint density at radius 3 is 2.45 bits per heavy atom. The standard InChI is InChI=1S/C21H22FN3O2S2/c1-13-11-17(16-6-8-18(22)9-7-16)12-19(23-13)20-5-4-10-25(20)29(26,27)21-14(2)24-15(3)28-21/h6-9,11-12,20H,4-5,10H2,1-3H3/t20-/m0/s1. The van der Waals surface area contributed by atoms with Gasteiger partial charge in [0.25, 0.3) is 10.0 Å². The van der Waals surface area contributed by atoms with Crippen LogP contribution in [0.25, 0.3) is 11.1 Å². The fourth-order valence-corrected chi connectivity index (χ4v) is 7.12. The lowest BCUT2D eigenvalue weighted by atomic mass is 10.0. The first-order valence-corrected chi connectivity index (χ1v) is 11.7. The first-order valence-electron chi connectivity index (χ1n) is 9.46. The lowest BCUT2D eigenvalue weighted by Crippen LogP contribution is -2.31. The average Bonchev–Trinajstić information content (AvgIpc) is 3.29. The Bertz CT molecular complexity index is 1160. The van der Waals surface area contributed by atoms with Gasteiger partial charge in [-0.1, -0.05) is 12.1 Å². The summed E-state index contributed by atoms with van der Waals surface area (Å²) in [7, 11) is -3.64. The molecule has 4 rings (SSSR count). The van der Waals surface area contributed by atoms with Crippen molar-refractivity contribution in [3.63, 3.8) is 0 Å². The molecule has 1 saturated heterocycles. The highest BCUT2D eigenvalue weighted by molar-refractivity contribution is 7.91. The minimum Gasteiger partial charge on any atom is -0.256 e. The van der Waals surface area contributed by atoms with Gasteiger partial charge in [0.2, 0.25) is 0 Å². The summed E-state index contributed by atoms with van der Waals surface area (Å²) >= 11 is 1.21. The Labute approximate surface area is 174 Å². The number of rotatable bonds is 4. The van der Waals surface area contributed by atoms with Crippen molar-refractivity contribution in [2.24, 2.45) is 0 Å². The number of sulfonamides is 1. The molecule has 5 nitrogen and oxygen atoms in total. The van der Waals surface area contributed by atoms with Crippen LogP contribution >= 0.6 is 11.3 Å². The first-order chi connectivity index (χ1) is 13.8. The molecule has 1 fully saturated rings. The molecule has 0 amide bonds. The maximum absolute atomic E-state index is 13.4. The molecule has 0 aliphatic carbocycles. The SMILES string of the molecule is Cc1cc(-c2ccc(F)cc2)cc([C@@H]2CCCN2S(=O)(=O)c2sc(C)nc2C)n1. The van der Waals surface area contributed by atoms with Crippen molar-refractivity contribution in [2.45, 2.75) is 43.9 Å². The quantitative estimate of drug-likeness (QED) is 0.596. The number of halogens is 1. The number of nitrogens with zero attached hydrogens (tertiary/aromatic N) is 3. The smallest absolute Gasteiger partial charge is 0.255 e. The maximum atomic E-state index is 13.4. The lowest BCUT2D eigenvalue weighted by Gasteiger charge is -2.24. The Morgan fingerprint density at radius 2 is 1.79 bits per heavy atom. The minimum atomic E-state index is -3.64. The summed E-state index contributed by atoms with van der Waals surface area (Å²) < 4.78 is 41.9. The van der Waals surface area contributed by atoms with Crippen LogP contribution in [0.4, 0.5) is 4.39 Å². The van der Waals surface area contributed by atoms with Crippen LogP contribution in [0.15, 0.2) is 40.6 Å². The summed E-state index contributed by atoms with van der Waals surface area (Å²) in [5.41, 5.74) is 3.85. The third kappa shape index (κ3) is 3.84. The second kappa shape index (κ2) is 7.59. The van der Waals surface area contributed by atoms with Crippen molar-refractivity contribution in [3.05, 3.63) is 64.3 Å². The molecular weight excluding hydrogens is 409 g/mol. The number of pyridine rings is 1. The summed E-state index contributed by atoms with van der Waals surface area (Å²) in [6.45, 7) is 5.90. The van der Waals surface area contributed by atoms with Crippen LogP contribution in [-0.2, 0) is 10.0 Å². The van der Waals surface area contributed by atoms with E-state index in [0.717, 1.165) is 40.4 Å². The number of hydrogen-bond acceptors (Lipinski definition) is 5. The molecule has 0 N–H and O–H groups in total. The number of benzene rings is 1. The fraction of sp³-hybridized carbons (Fsp3) is 0.333. The summed E-state index contributed by atoms with van der Waals surface area (Å²) in [6, 6.07) is 9.82. The van der Waals surface area contributed by atoms with Gasteiger partial charge < -0.3 is 0 Å². The molecular formula is C21H22FN3O2S2. The molecule has 1 aliphatic heterocycles. The summed E-state index contributed by atoms with van der Waals surface area (Å²) in [5.74, 6) is -0.289. The van der Waals surface area contributed by atoms with Crippen molar-refractivity contribution in [3.8, 4) is 11.1 Å². The second-order valence-electron chi connectivity index (χ2n) is 7.31. The predicted molar refractivity (Wildman–Crippen MR) is 112 cm³/mol. The number of thiazole rings is 1. The Kier molecular flexibility index (Phi) is 5.27. The molecule has 1 aromatic carbocycles. The monoisotopic (exact) mass is 431 g/mol. The van der Waals surface area contributed by atoms with Crippen LogP contribution in [0.3, 0.4) is 0 Å². The summed E-state index contributed by atoms with van der Waals surface area (Å²) in [5, 5.41) is 0.740. The molecule has 29 heavy (non-hydrogen) atoms. The fourth-order valence-electron chi connectivity index (χ4n) is 3.86. The summed E-state index contributed by atoms with van der Waals surface area (Å²) in [4.78, 5) is 8.94. The molecule has 8 heteroatoms. The van der Waals surface area contributed by atoms with E-state index in [4.69, 9.17) is 0 Å².